The zero-order chi connectivity index (χ0) is 43.4. The summed E-state index contributed by atoms with van der Waals surface area (Å²) in [5.41, 5.74) is 0.528. The maximum atomic E-state index is 13.8. The third-order valence-electron chi connectivity index (χ3n) is 9.91. The van der Waals surface area contributed by atoms with Gasteiger partial charge in [-0.25, -0.2) is 0 Å². The van der Waals surface area contributed by atoms with Crippen molar-refractivity contribution >= 4 is 58.1 Å². The van der Waals surface area contributed by atoms with Crippen LogP contribution in [-0.4, -0.2) is 140 Å². The summed E-state index contributed by atoms with van der Waals surface area (Å²) in [5, 5.41) is 38.3. The van der Waals surface area contributed by atoms with Crippen LogP contribution in [0.4, 0.5) is 0 Å². The number of phenolic OH excluding ortho intramolecular Hbond substituents is 1. The quantitative estimate of drug-likeness (QED) is 0.131. The Morgan fingerprint density at radius 2 is 1.29 bits per heavy atom. The third-order valence-corrected chi connectivity index (χ3v) is 10.7. The number of aliphatic hydroxyl groups excluding tert-OH is 1. The van der Waals surface area contributed by atoms with E-state index in [-0.39, 0.29) is 37.3 Å². The standard InChI is InChI=1S/C38H58N8O11S/c1-19(2)29-36(54)40-21(5)32(50)44-30(20(3)4)37(55)42-26(17-23-10-12-24(48)13-11-23)33(51)39-18-28(49)43-31(22(6)47)38(56)46-15-8-9-27(46)35(53)41-25(34(52)45-29)14-16-58(7)57/h10-13,19-22,25-27,29-31,47-48H,8-9,14-18H2,1-7H3,(H,39,51)(H,40,54)(H,41,53)(H,42,55)(H,43,49)(H,44,50)(H,45,52). The second-order valence-corrected chi connectivity index (χ2v) is 17.0. The highest BCUT2D eigenvalue weighted by Crippen LogP contribution is 2.20. The molecule has 3 rings (SSSR count). The number of carbonyl (C=O) groups is 8. The molecule has 322 valence electrons. The summed E-state index contributed by atoms with van der Waals surface area (Å²) in [5.74, 6) is -7.27. The molecule has 20 heteroatoms. The first-order valence-electron chi connectivity index (χ1n) is 19.4. The van der Waals surface area contributed by atoms with E-state index in [0.29, 0.717) is 12.0 Å². The fraction of sp³-hybridized carbons (Fsp3) is 0.632. The molecule has 8 amide bonds. The van der Waals surface area contributed by atoms with Crippen LogP contribution in [-0.2, 0) is 55.6 Å². The Hall–Kier alpha value is -5.11. The molecule has 58 heavy (non-hydrogen) atoms. The molecule has 9 unspecified atom stereocenters. The topological polar surface area (TPSA) is 282 Å². The minimum absolute atomic E-state index is 0.0102. The molecule has 19 nitrogen and oxygen atoms in total. The maximum absolute atomic E-state index is 13.8. The number of hydrogen-bond acceptors (Lipinski definition) is 11. The number of benzene rings is 1. The first-order valence-corrected chi connectivity index (χ1v) is 21.1. The van der Waals surface area contributed by atoms with E-state index >= 15 is 0 Å². The summed E-state index contributed by atoms with van der Waals surface area (Å²) >= 11 is 0. The Morgan fingerprint density at radius 3 is 1.86 bits per heavy atom. The normalized spacial score (nSPS) is 27.6. The van der Waals surface area contributed by atoms with E-state index in [9.17, 15) is 52.8 Å². The number of nitrogens with one attached hydrogen (secondary N) is 7. The van der Waals surface area contributed by atoms with Gasteiger partial charge < -0.3 is 52.3 Å². The van der Waals surface area contributed by atoms with Crippen molar-refractivity contribution in [2.45, 2.75) is 116 Å². The molecule has 2 fully saturated rings. The molecular weight excluding hydrogens is 777 g/mol. The lowest BCUT2D eigenvalue weighted by Gasteiger charge is -2.31. The first kappa shape index (κ1) is 47.3. The molecule has 9 N–H and O–H groups in total. The number of nitrogens with zero attached hydrogens (tertiary/aromatic N) is 1. The van der Waals surface area contributed by atoms with E-state index in [4.69, 9.17) is 0 Å². The van der Waals surface area contributed by atoms with E-state index in [1.54, 1.807) is 27.7 Å². The molecule has 0 aromatic heterocycles. The predicted octanol–water partition coefficient (Wildman–Crippen LogP) is -2.55. The molecule has 0 radical (unpaired) electrons. The van der Waals surface area contributed by atoms with E-state index < -0.39 is 125 Å². The van der Waals surface area contributed by atoms with Gasteiger partial charge in [0.15, 0.2) is 0 Å². The van der Waals surface area contributed by atoms with Crippen molar-refractivity contribution in [2.24, 2.45) is 11.8 Å². The molecule has 2 saturated heterocycles. The van der Waals surface area contributed by atoms with E-state index in [2.05, 4.69) is 37.2 Å². The monoisotopic (exact) mass is 834 g/mol. The van der Waals surface area contributed by atoms with Crippen LogP contribution in [0.15, 0.2) is 24.3 Å². The summed E-state index contributed by atoms with van der Waals surface area (Å²) in [6, 6.07) is -3.03. The zero-order valence-electron chi connectivity index (χ0n) is 34.0. The fourth-order valence-electron chi connectivity index (χ4n) is 6.52. The molecule has 0 bridgehead atoms. The van der Waals surface area contributed by atoms with Crippen molar-refractivity contribution in [3.8, 4) is 5.75 Å². The molecule has 9 atom stereocenters. The van der Waals surface area contributed by atoms with Gasteiger partial charge in [-0.3, -0.25) is 42.6 Å². The van der Waals surface area contributed by atoms with Crippen molar-refractivity contribution in [2.75, 3.05) is 25.1 Å². The van der Waals surface area contributed by atoms with Crippen molar-refractivity contribution in [1.82, 2.24) is 42.1 Å². The van der Waals surface area contributed by atoms with Gasteiger partial charge in [0.05, 0.1) is 12.6 Å². The molecular formula is C38H58N8O11S. The Labute approximate surface area is 340 Å². The second-order valence-electron chi connectivity index (χ2n) is 15.4. The Morgan fingerprint density at radius 1 is 0.724 bits per heavy atom. The summed E-state index contributed by atoms with van der Waals surface area (Å²) in [4.78, 5) is 110. The largest absolute Gasteiger partial charge is 0.508 e. The summed E-state index contributed by atoms with van der Waals surface area (Å²) in [6.07, 6.45) is 0.359. The van der Waals surface area contributed by atoms with E-state index in [0.717, 1.165) is 0 Å². The van der Waals surface area contributed by atoms with Gasteiger partial charge in [-0.05, 0) is 62.6 Å². The van der Waals surface area contributed by atoms with Crippen LogP contribution < -0.4 is 37.2 Å². The highest BCUT2D eigenvalue weighted by molar-refractivity contribution is 7.84. The summed E-state index contributed by atoms with van der Waals surface area (Å²) in [7, 11) is -1.37. The van der Waals surface area contributed by atoms with E-state index in [1.807, 2.05) is 0 Å². The van der Waals surface area contributed by atoms with Gasteiger partial charge in [0.25, 0.3) is 0 Å². The maximum Gasteiger partial charge on any atom is 0.248 e. The zero-order valence-corrected chi connectivity index (χ0v) is 34.8. The lowest BCUT2D eigenvalue weighted by molar-refractivity contribution is -0.144. The van der Waals surface area contributed by atoms with Gasteiger partial charge in [0.1, 0.15) is 48.0 Å². The van der Waals surface area contributed by atoms with Gasteiger partial charge in [-0.15, -0.1) is 0 Å². The third kappa shape index (κ3) is 13.5. The van der Waals surface area contributed by atoms with Crippen LogP contribution in [0.25, 0.3) is 0 Å². The van der Waals surface area contributed by atoms with Crippen molar-refractivity contribution < 1.29 is 52.8 Å². The Bertz CT molecular complexity index is 1710. The van der Waals surface area contributed by atoms with Crippen LogP contribution in [0, 0.1) is 11.8 Å². The number of aromatic hydroxyl groups is 1. The van der Waals surface area contributed by atoms with Crippen molar-refractivity contribution in [1.29, 1.82) is 0 Å². The molecule has 1 aromatic carbocycles. The minimum Gasteiger partial charge on any atom is -0.508 e. The smallest absolute Gasteiger partial charge is 0.248 e. The average molecular weight is 835 g/mol. The summed E-state index contributed by atoms with van der Waals surface area (Å²) < 4.78 is 12.1. The second kappa shape index (κ2) is 21.6. The lowest BCUT2D eigenvalue weighted by atomic mass is 10.00. The molecule has 0 saturated carbocycles. The SMILES string of the molecule is CC1NC(=O)C(C(C)C)NC(=O)C(CCS(C)=O)NC(=O)C2CCCN2C(=O)C(C(C)O)NC(=O)CNC(=O)C(Cc2ccc(O)cc2)NC(=O)C(C(C)C)NC1=O. The molecule has 2 aliphatic rings. The Balaban J connectivity index is 2.02. The van der Waals surface area contributed by atoms with Crippen LogP contribution in [0.1, 0.15) is 66.4 Å². The molecule has 0 spiro atoms. The Kier molecular flexibility index (Phi) is 17.6. The highest BCUT2D eigenvalue weighted by Gasteiger charge is 2.41. The van der Waals surface area contributed by atoms with E-state index in [1.165, 1.54) is 49.3 Å². The van der Waals surface area contributed by atoms with Crippen LogP contribution in [0.5, 0.6) is 5.75 Å². The number of amides is 8. The van der Waals surface area contributed by atoms with Gasteiger partial charge in [0.2, 0.25) is 47.3 Å². The number of fused-ring (bicyclic) bond motifs is 1. The lowest BCUT2D eigenvalue weighted by Crippen LogP contribution is -2.62. The van der Waals surface area contributed by atoms with Crippen LogP contribution in [0.3, 0.4) is 0 Å². The van der Waals surface area contributed by atoms with Gasteiger partial charge in [0, 0.05) is 35.8 Å². The van der Waals surface area contributed by atoms with Crippen molar-refractivity contribution in [3.63, 3.8) is 0 Å². The molecule has 2 aliphatic heterocycles. The number of phenols is 1. The predicted molar refractivity (Wildman–Crippen MR) is 212 cm³/mol. The fourth-order valence-corrected chi connectivity index (χ4v) is 7.08. The van der Waals surface area contributed by atoms with Crippen LogP contribution in [0.2, 0.25) is 0 Å². The van der Waals surface area contributed by atoms with Gasteiger partial charge in [-0.1, -0.05) is 39.8 Å². The van der Waals surface area contributed by atoms with Crippen LogP contribution >= 0.6 is 0 Å². The molecule has 1 aromatic rings. The minimum atomic E-state index is -1.54. The number of rotatable bonds is 8. The average Bonchev–Trinajstić information content (AvgIpc) is 3.65. The first-order chi connectivity index (χ1) is 27.2. The molecule has 0 aliphatic carbocycles. The number of aliphatic hydroxyl groups is 1. The number of carbonyl (C=O) groups excluding carboxylic acids is 8. The number of hydrogen-bond donors (Lipinski definition) is 9. The van der Waals surface area contributed by atoms with Crippen molar-refractivity contribution in [3.05, 3.63) is 29.8 Å². The summed E-state index contributed by atoms with van der Waals surface area (Å²) in [6.45, 7) is 8.66. The molecule has 2 heterocycles. The van der Waals surface area contributed by atoms with Gasteiger partial charge >= 0.3 is 0 Å². The van der Waals surface area contributed by atoms with Gasteiger partial charge in [-0.2, -0.15) is 0 Å². The highest BCUT2D eigenvalue weighted by atomic mass is 32.2.